The number of aromatic nitrogens is 3. The van der Waals surface area contributed by atoms with Gasteiger partial charge in [-0.15, -0.1) is 0 Å². The number of rotatable bonds is 5. The van der Waals surface area contributed by atoms with Crippen LogP contribution in [0.1, 0.15) is 33.2 Å². The zero-order valence-electron chi connectivity index (χ0n) is 15.5. The Morgan fingerprint density at radius 3 is 2.69 bits per heavy atom. The third-order valence-electron chi connectivity index (χ3n) is 4.81. The third-order valence-corrected chi connectivity index (χ3v) is 5.96. The van der Waals surface area contributed by atoms with E-state index in [-0.39, 0.29) is 30.7 Å². The van der Waals surface area contributed by atoms with Crippen LogP contribution in [0.4, 0.5) is 10.1 Å². The second-order valence-electron chi connectivity index (χ2n) is 6.80. The van der Waals surface area contributed by atoms with Gasteiger partial charge in [-0.2, -0.15) is 5.10 Å². The van der Waals surface area contributed by atoms with Crippen LogP contribution in [0.15, 0.2) is 48.8 Å². The minimum atomic E-state index is -3.48. The highest BCUT2D eigenvalue weighted by molar-refractivity contribution is 7.92. The smallest absolute Gasteiger partial charge is 0.251 e. The number of benzene rings is 2. The van der Waals surface area contributed by atoms with Crippen LogP contribution in [0, 0.1) is 5.82 Å². The van der Waals surface area contributed by atoms with E-state index in [9.17, 15) is 17.6 Å². The van der Waals surface area contributed by atoms with Crippen LogP contribution in [-0.2, 0) is 16.6 Å². The second kappa shape index (κ2) is 7.28. The van der Waals surface area contributed by atoms with Gasteiger partial charge in [-0.25, -0.2) is 17.8 Å². The quantitative estimate of drug-likeness (QED) is 0.661. The minimum absolute atomic E-state index is 0.185. The maximum Gasteiger partial charge on any atom is 0.251 e. The van der Waals surface area contributed by atoms with Crippen molar-refractivity contribution in [1.29, 1.82) is 0 Å². The van der Waals surface area contributed by atoms with E-state index in [1.54, 1.807) is 30.3 Å². The van der Waals surface area contributed by atoms with E-state index < -0.39 is 10.0 Å². The SMILES string of the molecule is CS(=O)(=O)N1C[C@@H](c2ncn[nH]2)c2cc(C(=O)NCc3ccc(F)cc3)ccc21. The standard InChI is InChI=1S/C19H18FN5O3S/c1-29(27,28)25-10-16(18-22-11-23-24-18)15-8-13(4-7-17(15)25)19(26)21-9-12-2-5-14(20)6-3-12/h2-8,11,16H,9-10H2,1H3,(H,21,26)(H,22,23,24)/t16-/m1/s1. The summed E-state index contributed by atoms with van der Waals surface area (Å²) < 4.78 is 38.7. The first-order valence-electron chi connectivity index (χ1n) is 8.82. The molecule has 0 aliphatic carbocycles. The fourth-order valence-corrected chi connectivity index (χ4v) is 4.33. The number of fused-ring (bicyclic) bond motifs is 1. The number of amides is 1. The van der Waals surface area contributed by atoms with Gasteiger partial charge in [-0.3, -0.25) is 14.2 Å². The van der Waals surface area contributed by atoms with E-state index in [2.05, 4.69) is 20.5 Å². The molecule has 4 rings (SSSR count). The first-order valence-corrected chi connectivity index (χ1v) is 10.7. The Bertz CT molecular complexity index is 1150. The Labute approximate surface area is 166 Å². The summed E-state index contributed by atoms with van der Waals surface area (Å²) in [5, 5.41) is 9.41. The molecule has 0 saturated heterocycles. The fourth-order valence-electron chi connectivity index (χ4n) is 3.38. The molecule has 2 heterocycles. The predicted molar refractivity (Wildman–Crippen MR) is 104 cm³/mol. The molecule has 1 atom stereocenters. The number of aromatic amines is 1. The summed E-state index contributed by atoms with van der Waals surface area (Å²) in [5.41, 5.74) is 2.36. The van der Waals surface area contributed by atoms with Crippen molar-refractivity contribution in [3.8, 4) is 0 Å². The Morgan fingerprint density at radius 1 is 1.28 bits per heavy atom. The van der Waals surface area contributed by atoms with Crippen LogP contribution in [-0.4, -0.2) is 42.3 Å². The zero-order chi connectivity index (χ0) is 20.6. The van der Waals surface area contributed by atoms with E-state index >= 15 is 0 Å². The average Bonchev–Trinajstić information content (AvgIpc) is 3.34. The number of nitrogens with one attached hydrogen (secondary N) is 2. The molecular weight excluding hydrogens is 397 g/mol. The molecule has 150 valence electrons. The van der Waals surface area contributed by atoms with E-state index in [0.29, 0.717) is 22.6 Å². The Hall–Kier alpha value is -3.27. The first-order chi connectivity index (χ1) is 13.8. The molecule has 0 spiro atoms. The maximum absolute atomic E-state index is 13.0. The molecule has 0 radical (unpaired) electrons. The lowest BCUT2D eigenvalue weighted by Gasteiger charge is -2.16. The van der Waals surface area contributed by atoms with Crippen LogP contribution < -0.4 is 9.62 Å². The van der Waals surface area contributed by atoms with Gasteiger partial charge in [0, 0.05) is 18.7 Å². The molecule has 1 aliphatic heterocycles. The topological polar surface area (TPSA) is 108 Å². The number of anilines is 1. The van der Waals surface area contributed by atoms with Crippen molar-refractivity contribution in [2.75, 3.05) is 17.1 Å². The molecule has 0 bridgehead atoms. The van der Waals surface area contributed by atoms with Gasteiger partial charge < -0.3 is 5.32 Å². The Kier molecular flexibility index (Phi) is 4.79. The molecule has 3 aromatic rings. The molecule has 8 nitrogen and oxygen atoms in total. The van der Waals surface area contributed by atoms with Gasteiger partial charge in [0.2, 0.25) is 10.0 Å². The predicted octanol–water partition coefficient (Wildman–Crippen LogP) is 1.79. The number of H-pyrrole nitrogens is 1. The van der Waals surface area contributed by atoms with Crippen LogP contribution in [0.25, 0.3) is 0 Å². The lowest BCUT2D eigenvalue weighted by Crippen LogP contribution is -2.29. The number of halogens is 1. The molecule has 1 aromatic heterocycles. The summed E-state index contributed by atoms with van der Waals surface area (Å²) in [6.45, 7) is 0.432. The third kappa shape index (κ3) is 3.83. The van der Waals surface area contributed by atoms with Crippen LogP contribution in [0.3, 0.4) is 0 Å². The summed E-state index contributed by atoms with van der Waals surface area (Å²) in [5.74, 6) is -0.479. The van der Waals surface area contributed by atoms with E-state index in [0.717, 1.165) is 11.8 Å². The van der Waals surface area contributed by atoms with Gasteiger partial charge >= 0.3 is 0 Å². The van der Waals surface area contributed by atoms with Crippen molar-refractivity contribution in [1.82, 2.24) is 20.5 Å². The highest BCUT2D eigenvalue weighted by Gasteiger charge is 2.36. The minimum Gasteiger partial charge on any atom is -0.348 e. The average molecular weight is 415 g/mol. The number of carbonyl (C=O) groups excluding carboxylic acids is 1. The largest absolute Gasteiger partial charge is 0.348 e. The van der Waals surface area contributed by atoms with Crippen molar-refractivity contribution in [2.24, 2.45) is 0 Å². The number of carbonyl (C=O) groups is 1. The van der Waals surface area contributed by atoms with Crippen molar-refractivity contribution < 1.29 is 17.6 Å². The highest BCUT2D eigenvalue weighted by Crippen LogP contribution is 2.40. The maximum atomic E-state index is 13.0. The monoisotopic (exact) mass is 415 g/mol. The van der Waals surface area contributed by atoms with Crippen LogP contribution in [0.5, 0.6) is 0 Å². The van der Waals surface area contributed by atoms with Crippen molar-refractivity contribution in [3.63, 3.8) is 0 Å². The molecule has 1 aliphatic rings. The van der Waals surface area contributed by atoms with Crippen LogP contribution >= 0.6 is 0 Å². The summed E-state index contributed by atoms with van der Waals surface area (Å²) in [4.78, 5) is 16.8. The number of hydrogen-bond acceptors (Lipinski definition) is 5. The van der Waals surface area contributed by atoms with Gasteiger partial charge in [0.1, 0.15) is 18.0 Å². The summed E-state index contributed by atoms with van der Waals surface area (Å²) >= 11 is 0. The lowest BCUT2D eigenvalue weighted by molar-refractivity contribution is 0.0951. The van der Waals surface area contributed by atoms with Gasteiger partial charge in [0.05, 0.1) is 17.9 Å². The summed E-state index contributed by atoms with van der Waals surface area (Å²) in [6.07, 6.45) is 2.50. The normalized spacial score (nSPS) is 15.9. The Balaban J connectivity index is 1.61. The van der Waals surface area contributed by atoms with E-state index in [1.807, 2.05) is 0 Å². The zero-order valence-corrected chi connectivity index (χ0v) is 16.3. The highest BCUT2D eigenvalue weighted by atomic mass is 32.2. The second-order valence-corrected chi connectivity index (χ2v) is 8.71. The van der Waals surface area contributed by atoms with Crippen molar-refractivity contribution >= 4 is 21.6 Å². The summed E-state index contributed by atoms with van der Waals surface area (Å²) in [6, 6.07) is 10.7. The van der Waals surface area contributed by atoms with Crippen LogP contribution in [0.2, 0.25) is 0 Å². The number of nitrogens with zero attached hydrogens (tertiary/aromatic N) is 3. The van der Waals surface area contributed by atoms with Gasteiger partial charge in [0.25, 0.3) is 5.91 Å². The molecule has 0 fully saturated rings. The van der Waals surface area contributed by atoms with Crippen molar-refractivity contribution in [2.45, 2.75) is 12.5 Å². The molecule has 10 heteroatoms. The number of sulfonamides is 1. The molecule has 1 amide bonds. The molecule has 0 unspecified atom stereocenters. The molecule has 2 N–H and O–H groups in total. The molecule has 2 aromatic carbocycles. The lowest BCUT2D eigenvalue weighted by atomic mass is 9.98. The molecule has 0 saturated carbocycles. The van der Waals surface area contributed by atoms with Crippen molar-refractivity contribution in [3.05, 3.63) is 77.1 Å². The first kappa shape index (κ1) is 19.1. The molecule has 29 heavy (non-hydrogen) atoms. The molecular formula is C19H18FN5O3S. The number of hydrogen-bond donors (Lipinski definition) is 2. The van der Waals surface area contributed by atoms with E-state index in [4.69, 9.17) is 0 Å². The van der Waals surface area contributed by atoms with Gasteiger partial charge in [0.15, 0.2) is 0 Å². The fraction of sp³-hybridized carbons (Fsp3) is 0.211. The summed E-state index contributed by atoms with van der Waals surface area (Å²) in [7, 11) is -3.48. The van der Waals surface area contributed by atoms with Gasteiger partial charge in [-0.1, -0.05) is 12.1 Å². The van der Waals surface area contributed by atoms with E-state index in [1.165, 1.54) is 22.8 Å². The van der Waals surface area contributed by atoms with Gasteiger partial charge in [-0.05, 0) is 41.5 Å². The Morgan fingerprint density at radius 2 is 2.03 bits per heavy atom.